The Labute approximate surface area is 106 Å². The summed E-state index contributed by atoms with van der Waals surface area (Å²) in [7, 11) is 2.02. The van der Waals surface area contributed by atoms with E-state index in [-0.39, 0.29) is 0 Å². The maximum absolute atomic E-state index is 4.46. The number of hydrogen-bond acceptors (Lipinski definition) is 2. The van der Waals surface area contributed by atoms with Crippen molar-refractivity contribution < 1.29 is 0 Å². The zero-order valence-electron chi connectivity index (χ0n) is 12.0. The fourth-order valence-corrected chi connectivity index (χ4v) is 2.04. The van der Waals surface area contributed by atoms with E-state index in [1.807, 2.05) is 11.7 Å². The fraction of sp³-hybridized carbons (Fsp3) is 0.786. The van der Waals surface area contributed by atoms with Crippen LogP contribution in [0.15, 0.2) is 6.07 Å². The highest BCUT2D eigenvalue weighted by molar-refractivity contribution is 5.09. The van der Waals surface area contributed by atoms with Crippen LogP contribution in [0.5, 0.6) is 0 Å². The van der Waals surface area contributed by atoms with Gasteiger partial charge in [0.2, 0.25) is 0 Å². The minimum atomic E-state index is 0.574. The minimum absolute atomic E-state index is 0.574. The Morgan fingerprint density at radius 3 is 2.59 bits per heavy atom. The third-order valence-corrected chi connectivity index (χ3v) is 3.47. The Kier molecular flexibility index (Phi) is 5.69. The van der Waals surface area contributed by atoms with Gasteiger partial charge in [0.05, 0.1) is 11.4 Å². The van der Waals surface area contributed by atoms with Gasteiger partial charge in [-0.2, -0.15) is 5.10 Å². The summed E-state index contributed by atoms with van der Waals surface area (Å²) in [5.41, 5.74) is 2.46. The normalized spacial score (nSPS) is 14.9. The van der Waals surface area contributed by atoms with E-state index < -0.39 is 0 Å². The number of nitrogens with zero attached hydrogens (tertiary/aromatic N) is 2. The second kappa shape index (κ2) is 6.80. The molecule has 3 heteroatoms. The van der Waals surface area contributed by atoms with Crippen molar-refractivity contribution >= 4 is 0 Å². The molecule has 0 bridgehead atoms. The predicted molar refractivity (Wildman–Crippen MR) is 73.0 cm³/mol. The second-order valence-electron chi connectivity index (χ2n) is 5.14. The summed E-state index contributed by atoms with van der Waals surface area (Å²) >= 11 is 0. The van der Waals surface area contributed by atoms with Gasteiger partial charge in [0, 0.05) is 19.6 Å². The lowest BCUT2D eigenvalue weighted by Crippen LogP contribution is -2.28. The standard InChI is InChI=1S/C14H27N3/c1-6-11(3)8-12(4)15-10-14-9-13(7-2)16-17(14)5/h9,11-12,15H,6-8,10H2,1-5H3. The second-order valence-corrected chi connectivity index (χ2v) is 5.14. The summed E-state index contributed by atoms with van der Waals surface area (Å²) in [6.07, 6.45) is 3.52. The molecular weight excluding hydrogens is 210 g/mol. The van der Waals surface area contributed by atoms with Gasteiger partial charge in [0.25, 0.3) is 0 Å². The number of aryl methyl sites for hydroxylation is 2. The number of rotatable bonds is 7. The average Bonchev–Trinajstić information content (AvgIpc) is 2.67. The van der Waals surface area contributed by atoms with Gasteiger partial charge in [-0.3, -0.25) is 4.68 Å². The largest absolute Gasteiger partial charge is 0.309 e. The summed E-state index contributed by atoms with van der Waals surface area (Å²) in [4.78, 5) is 0. The van der Waals surface area contributed by atoms with Crippen molar-refractivity contribution in [3.05, 3.63) is 17.5 Å². The molecule has 1 heterocycles. The zero-order valence-corrected chi connectivity index (χ0v) is 12.0. The first-order chi connectivity index (χ1) is 8.06. The molecule has 98 valence electrons. The lowest BCUT2D eigenvalue weighted by molar-refractivity contribution is 0.408. The summed E-state index contributed by atoms with van der Waals surface area (Å²) in [6.45, 7) is 9.90. The SMILES string of the molecule is CCc1cc(CNC(C)CC(C)CC)n(C)n1. The fourth-order valence-electron chi connectivity index (χ4n) is 2.04. The lowest BCUT2D eigenvalue weighted by atomic mass is 10.0. The Balaban J connectivity index is 2.41. The molecule has 2 unspecified atom stereocenters. The van der Waals surface area contributed by atoms with Crippen LogP contribution in [0.2, 0.25) is 0 Å². The van der Waals surface area contributed by atoms with Crippen LogP contribution >= 0.6 is 0 Å². The number of aromatic nitrogens is 2. The molecule has 1 aromatic heterocycles. The van der Waals surface area contributed by atoms with Gasteiger partial charge >= 0.3 is 0 Å². The van der Waals surface area contributed by atoms with Crippen LogP contribution in [-0.4, -0.2) is 15.8 Å². The van der Waals surface area contributed by atoms with E-state index >= 15 is 0 Å². The Bertz CT molecular complexity index is 330. The Morgan fingerprint density at radius 1 is 1.35 bits per heavy atom. The van der Waals surface area contributed by atoms with Crippen LogP contribution in [0.3, 0.4) is 0 Å². The Morgan fingerprint density at radius 2 is 2.06 bits per heavy atom. The Hall–Kier alpha value is -0.830. The van der Waals surface area contributed by atoms with Crippen LogP contribution in [-0.2, 0) is 20.0 Å². The first kappa shape index (κ1) is 14.2. The molecule has 0 amide bonds. The van der Waals surface area contributed by atoms with Crippen molar-refractivity contribution in [2.24, 2.45) is 13.0 Å². The molecule has 17 heavy (non-hydrogen) atoms. The van der Waals surface area contributed by atoms with E-state index in [9.17, 15) is 0 Å². The van der Waals surface area contributed by atoms with Crippen molar-refractivity contribution in [3.8, 4) is 0 Å². The topological polar surface area (TPSA) is 29.9 Å². The van der Waals surface area contributed by atoms with Crippen molar-refractivity contribution in [2.45, 2.75) is 59.5 Å². The van der Waals surface area contributed by atoms with Crippen LogP contribution < -0.4 is 5.32 Å². The highest BCUT2D eigenvalue weighted by atomic mass is 15.3. The monoisotopic (exact) mass is 237 g/mol. The van der Waals surface area contributed by atoms with E-state index in [4.69, 9.17) is 0 Å². The smallest absolute Gasteiger partial charge is 0.0625 e. The van der Waals surface area contributed by atoms with E-state index in [2.05, 4.69) is 44.2 Å². The minimum Gasteiger partial charge on any atom is -0.309 e. The van der Waals surface area contributed by atoms with Crippen molar-refractivity contribution in [3.63, 3.8) is 0 Å². The maximum Gasteiger partial charge on any atom is 0.0625 e. The summed E-state index contributed by atoms with van der Waals surface area (Å²) < 4.78 is 1.99. The zero-order chi connectivity index (χ0) is 12.8. The molecule has 0 saturated heterocycles. The van der Waals surface area contributed by atoms with Crippen LogP contribution in [0.4, 0.5) is 0 Å². The lowest BCUT2D eigenvalue weighted by Gasteiger charge is -2.17. The maximum atomic E-state index is 4.46. The predicted octanol–water partition coefficient (Wildman–Crippen LogP) is 2.90. The van der Waals surface area contributed by atoms with Gasteiger partial charge in [-0.05, 0) is 31.7 Å². The highest BCUT2D eigenvalue weighted by Gasteiger charge is 2.08. The highest BCUT2D eigenvalue weighted by Crippen LogP contribution is 2.10. The molecule has 0 aliphatic carbocycles. The molecule has 2 atom stereocenters. The molecule has 0 spiro atoms. The van der Waals surface area contributed by atoms with Crippen LogP contribution in [0, 0.1) is 5.92 Å². The molecule has 1 aromatic rings. The van der Waals surface area contributed by atoms with Crippen LogP contribution in [0.1, 0.15) is 51.9 Å². The summed E-state index contributed by atoms with van der Waals surface area (Å²) in [6, 6.07) is 2.77. The molecule has 0 aliphatic rings. The molecule has 0 aliphatic heterocycles. The molecule has 1 rings (SSSR count). The van der Waals surface area contributed by atoms with Gasteiger partial charge in [-0.15, -0.1) is 0 Å². The quantitative estimate of drug-likeness (QED) is 0.790. The van der Waals surface area contributed by atoms with Gasteiger partial charge in [-0.1, -0.05) is 27.2 Å². The molecule has 3 nitrogen and oxygen atoms in total. The molecule has 0 saturated carbocycles. The summed E-state index contributed by atoms with van der Waals surface area (Å²) in [5, 5.41) is 8.04. The third kappa shape index (κ3) is 4.50. The van der Waals surface area contributed by atoms with Gasteiger partial charge in [0.1, 0.15) is 0 Å². The molecule has 1 N–H and O–H groups in total. The molecule has 0 aromatic carbocycles. The van der Waals surface area contributed by atoms with Gasteiger partial charge < -0.3 is 5.32 Å². The molecule has 0 fully saturated rings. The molecule has 0 radical (unpaired) electrons. The summed E-state index contributed by atoms with van der Waals surface area (Å²) in [5.74, 6) is 0.801. The first-order valence-electron chi connectivity index (χ1n) is 6.81. The van der Waals surface area contributed by atoms with Crippen molar-refractivity contribution in [1.29, 1.82) is 0 Å². The van der Waals surface area contributed by atoms with Gasteiger partial charge in [-0.25, -0.2) is 0 Å². The number of hydrogen-bond donors (Lipinski definition) is 1. The third-order valence-electron chi connectivity index (χ3n) is 3.47. The van der Waals surface area contributed by atoms with E-state index in [1.54, 1.807) is 0 Å². The van der Waals surface area contributed by atoms with Crippen molar-refractivity contribution in [2.75, 3.05) is 0 Å². The average molecular weight is 237 g/mol. The number of nitrogens with one attached hydrogen (secondary N) is 1. The van der Waals surface area contributed by atoms with E-state index in [0.29, 0.717) is 6.04 Å². The molecular formula is C14H27N3. The first-order valence-corrected chi connectivity index (χ1v) is 6.81. The van der Waals surface area contributed by atoms with Crippen LogP contribution in [0.25, 0.3) is 0 Å². The van der Waals surface area contributed by atoms with E-state index in [1.165, 1.54) is 24.2 Å². The van der Waals surface area contributed by atoms with Gasteiger partial charge in [0.15, 0.2) is 0 Å². The van der Waals surface area contributed by atoms with Crippen molar-refractivity contribution in [1.82, 2.24) is 15.1 Å². The van der Waals surface area contributed by atoms with E-state index in [0.717, 1.165) is 18.9 Å².